The fourth-order valence-corrected chi connectivity index (χ4v) is 3.87. The quantitative estimate of drug-likeness (QED) is 0.924. The Balaban J connectivity index is 1.86. The molecule has 0 aliphatic carbocycles. The molecule has 1 saturated heterocycles. The highest BCUT2D eigenvalue weighted by atomic mass is 16.5. The molecule has 2 aliphatic rings. The standard InChI is InChI=1S/C18H20N2O2/c1-22-15-4-2-13(3-5-15)16-6-7-17(21)20-11-12-8-14(18(16)20)10-19-9-12/h2-7,12,14,19H,8-11H2,1H3. The Morgan fingerprint density at radius 1 is 1.14 bits per heavy atom. The van der Waals surface area contributed by atoms with Crippen molar-refractivity contribution in [2.45, 2.75) is 18.9 Å². The zero-order chi connectivity index (χ0) is 15.1. The van der Waals surface area contributed by atoms with Gasteiger partial charge in [0.2, 0.25) is 0 Å². The number of aromatic nitrogens is 1. The number of nitrogens with zero attached hydrogens (tertiary/aromatic N) is 1. The number of methoxy groups -OCH3 is 1. The Kier molecular flexibility index (Phi) is 3.26. The van der Waals surface area contributed by atoms with E-state index < -0.39 is 0 Å². The van der Waals surface area contributed by atoms with Crippen molar-refractivity contribution in [3.05, 3.63) is 52.4 Å². The Labute approximate surface area is 129 Å². The SMILES string of the molecule is COc1ccc(-c2ccc(=O)n3c2C2CNCC(C2)C3)cc1. The van der Waals surface area contributed by atoms with Gasteiger partial charge in [0.05, 0.1) is 7.11 Å². The molecule has 0 saturated carbocycles. The van der Waals surface area contributed by atoms with Crippen molar-refractivity contribution in [1.82, 2.24) is 9.88 Å². The number of rotatable bonds is 2. The van der Waals surface area contributed by atoms with E-state index in [2.05, 4.69) is 17.4 Å². The molecule has 1 N–H and O–H groups in total. The summed E-state index contributed by atoms with van der Waals surface area (Å²) in [6, 6.07) is 11.8. The maximum Gasteiger partial charge on any atom is 0.250 e. The third-order valence-electron chi connectivity index (χ3n) is 4.90. The van der Waals surface area contributed by atoms with Gasteiger partial charge in [-0.1, -0.05) is 12.1 Å². The summed E-state index contributed by atoms with van der Waals surface area (Å²) in [7, 11) is 1.67. The van der Waals surface area contributed by atoms with Crippen LogP contribution in [-0.2, 0) is 6.54 Å². The fraction of sp³-hybridized carbons (Fsp3) is 0.389. The molecule has 2 bridgehead atoms. The Morgan fingerprint density at radius 3 is 2.73 bits per heavy atom. The summed E-state index contributed by atoms with van der Waals surface area (Å²) < 4.78 is 7.24. The summed E-state index contributed by atoms with van der Waals surface area (Å²) >= 11 is 0. The van der Waals surface area contributed by atoms with Gasteiger partial charge in [-0.2, -0.15) is 0 Å². The molecular weight excluding hydrogens is 276 g/mol. The van der Waals surface area contributed by atoms with Crippen LogP contribution in [0.3, 0.4) is 0 Å². The summed E-state index contributed by atoms with van der Waals surface area (Å²) in [5.74, 6) is 1.86. The van der Waals surface area contributed by atoms with Crippen molar-refractivity contribution in [1.29, 1.82) is 0 Å². The van der Waals surface area contributed by atoms with Crippen LogP contribution in [0.1, 0.15) is 18.0 Å². The molecule has 3 heterocycles. The highest BCUT2D eigenvalue weighted by Crippen LogP contribution is 2.37. The van der Waals surface area contributed by atoms with Gasteiger partial charge in [0.1, 0.15) is 5.75 Å². The van der Waals surface area contributed by atoms with Gasteiger partial charge < -0.3 is 14.6 Å². The first-order valence-corrected chi connectivity index (χ1v) is 7.85. The molecule has 1 aromatic heterocycles. The number of pyridine rings is 1. The van der Waals surface area contributed by atoms with Gasteiger partial charge in [-0.15, -0.1) is 0 Å². The molecule has 4 heteroatoms. The van der Waals surface area contributed by atoms with Gasteiger partial charge in [0, 0.05) is 36.3 Å². The Bertz CT molecular complexity index is 749. The molecule has 2 unspecified atom stereocenters. The zero-order valence-electron chi connectivity index (χ0n) is 12.7. The van der Waals surface area contributed by atoms with Crippen molar-refractivity contribution in [2.75, 3.05) is 20.2 Å². The topological polar surface area (TPSA) is 43.3 Å². The molecule has 114 valence electrons. The van der Waals surface area contributed by atoms with Gasteiger partial charge in [-0.25, -0.2) is 0 Å². The molecule has 4 nitrogen and oxygen atoms in total. The summed E-state index contributed by atoms with van der Waals surface area (Å²) in [5, 5.41) is 3.51. The molecule has 0 radical (unpaired) electrons. The first-order valence-electron chi connectivity index (χ1n) is 7.85. The summed E-state index contributed by atoms with van der Waals surface area (Å²) in [4.78, 5) is 12.3. The van der Waals surface area contributed by atoms with Crippen molar-refractivity contribution >= 4 is 0 Å². The number of piperidine rings is 1. The van der Waals surface area contributed by atoms with Crippen LogP contribution in [-0.4, -0.2) is 24.8 Å². The monoisotopic (exact) mass is 296 g/mol. The number of nitrogens with one attached hydrogen (secondary N) is 1. The van der Waals surface area contributed by atoms with Crippen LogP contribution in [0, 0.1) is 5.92 Å². The largest absolute Gasteiger partial charge is 0.497 e. The van der Waals surface area contributed by atoms with Crippen LogP contribution >= 0.6 is 0 Å². The molecule has 1 fully saturated rings. The third-order valence-corrected chi connectivity index (χ3v) is 4.90. The smallest absolute Gasteiger partial charge is 0.250 e. The average Bonchev–Trinajstić information content (AvgIpc) is 2.56. The van der Waals surface area contributed by atoms with E-state index in [9.17, 15) is 4.79 Å². The van der Waals surface area contributed by atoms with Crippen LogP contribution in [0.4, 0.5) is 0 Å². The van der Waals surface area contributed by atoms with Gasteiger partial charge in [-0.05, 0) is 42.6 Å². The third kappa shape index (κ3) is 2.15. The molecule has 2 aromatic rings. The number of hydrogen-bond donors (Lipinski definition) is 1. The predicted octanol–water partition coefficient (Wildman–Crippen LogP) is 2.23. The Morgan fingerprint density at radius 2 is 1.95 bits per heavy atom. The molecule has 22 heavy (non-hydrogen) atoms. The van der Waals surface area contributed by atoms with Gasteiger partial charge in [-0.3, -0.25) is 4.79 Å². The number of benzene rings is 1. The minimum atomic E-state index is 0.129. The molecule has 2 aliphatic heterocycles. The average molecular weight is 296 g/mol. The number of hydrogen-bond acceptors (Lipinski definition) is 3. The zero-order valence-corrected chi connectivity index (χ0v) is 12.7. The fourth-order valence-electron chi connectivity index (χ4n) is 3.87. The van der Waals surface area contributed by atoms with Crippen molar-refractivity contribution < 1.29 is 4.74 Å². The summed E-state index contributed by atoms with van der Waals surface area (Å²) in [6.45, 7) is 2.82. The molecule has 2 atom stereocenters. The van der Waals surface area contributed by atoms with Gasteiger partial charge in [0.25, 0.3) is 5.56 Å². The van der Waals surface area contributed by atoms with Crippen LogP contribution in [0.2, 0.25) is 0 Å². The van der Waals surface area contributed by atoms with E-state index in [4.69, 9.17) is 4.74 Å². The van der Waals surface area contributed by atoms with Crippen molar-refractivity contribution in [3.63, 3.8) is 0 Å². The lowest BCUT2D eigenvalue weighted by atomic mass is 9.81. The molecule has 4 rings (SSSR count). The molecule has 1 aromatic carbocycles. The van der Waals surface area contributed by atoms with E-state index in [1.165, 1.54) is 17.7 Å². The predicted molar refractivity (Wildman–Crippen MR) is 86.4 cm³/mol. The van der Waals surface area contributed by atoms with Crippen molar-refractivity contribution in [2.24, 2.45) is 5.92 Å². The van der Waals surface area contributed by atoms with Gasteiger partial charge in [0.15, 0.2) is 0 Å². The van der Waals surface area contributed by atoms with Crippen LogP contribution < -0.4 is 15.6 Å². The normalized spacial score (nSPS) is 23.0. The lowest BCUT2D eigenvalue weighted by Crippen LogP contribution is -2.45. The van der Waals surface area contributed by atoms with Crippen LogP contribution in [0.25, 0.3) is 11.1 Å². The van der Waals surface area contributed by atoms with E-state index >= 15 is 0 Å². The summed E-state index contributed by atoms with van der Waals surface area (Å²) in [5.41, 5.74) is 3.65. The maximum atomic E-state index is 12.3. The number of ether oxygens (including phenoxy) is 1. The number of fused-ring (bicyclic) bond motifs is 4. The first kappa shape index (κ1) is 13.6. The first-order chi connectivity index (χ1) is 10.8. The second-order valence-corrected chi connectivity index (χ2v) is 6.27. The summed E-state index contributed by atoms with van der Waals surface area (Å²) in [6.07, 6.45) is 1.18. The minimum Gasteiger partial charge on any atom is -0.497 e. The van der Waals surface area contributed by atoms with E-state index in [1.54, 1.807) is 13.2 Å². The molecular formula is C18H20N2O2. The van der Waals surface area contributed by atoms with E-state index in [1.807, 2.05) is 22.8 Å². The minimum absolute atomic E-state index is 0.129. The van der Waals surface area contributed by atoms with E-state index in [-0.39, 0.29) is 5.56 Å². The Hall–Kier alpha value is -2.07. The second kappa shape index (κ2) is 5.29. The highest BCUT2D eigenvalue weighted by Gasteiger charge is 2.32. The van der Waals surface area contributed by atoms with Gasteiger partial charge >= 0.3 is 0 Å². The van der Waals surface area contributed by atoms with E-state index in [0.29, 0.717) is 11.8 Å². The second-order valence-electron chi connectivity index (χ2n) is 6.27. The van der Waals surface area contributed by atoms with E-state index in [0.717, 1.165) is 30.9 Å². The lowest BCUT2D eigenvalue weighted by Gasteiger charge is -2.38. The van der Waals surface area contributed by atoms with Crippen molar-refractivity contribution in [3.8, 4) is 16.9 Å². The maximum absolute atomic E-state index is 12.3. The lowest BCUT2D eigenvalue weighted by molar-refractivity contribution is 0.258. The molecule has 0 amide bonds. The molecule has 0 spiro atoms. The van der Waals surface area contributed by atoms with Crippen LogP contribution in [0.15, 0.2) is 41.2 Å². The highest BCUT2D eigenvalue weighted by molar-refractivity contribution is 5.67. The van der Waals surface area contributed by atoms with Crippen LogP contribution in [0.5, 0.6) is 5.75 Å².